The van der Waals surface area contributed by atoms with Crippen LogP contribution in [0.1, 0.15) is 11.1 Å². The van der Waals surface area contributed by atoms with Gasteiger partial charge >= 0.3 is 12.1 Å². The Hall–Kier alpha value is -2.31. The zero-order chi connectivity index (χ0) is 14.6. The second-order valence-electron chi connectivity index (χ2n) is 4.21. The van der Waals surface area contributed by atoms with E-state index in [4.69, 9.17) is 0 Å². The van der Waals surface area contributed by atoms with Crippen LogP contribution < -0.4 is 5.32 Å². The second-order valence-corrected chi connectivity index (χ2v) is 4.21. The fourth-order valence-corrected chi connectivity index (χ4v) is 1.64. The van der Waals surface area contributed by atoms with Crippen molar-refractivity contribution in [2.24, 2.45) is 0 Å². The van der Waals surface area contributed by atoms with Gasteiger partial charge < -0.3 is 5.32 Å². The first-order valence-electron chi connectivity index (χ1n) is 5.85. The molecule has 1 amide bonds. The fraction of sp³-hybridized carbons (Fsp3) is 0.231. The molecule has 2 aromatic rings. The lowest BCUT2D eigenvalue weighted by Crippen LogP contribution is -2.36. The smallest absolute Gasteiger partial charge is 0.344 e. The van der Waals surface area contributed by atoms with E-state index >= 15 is 0 Å². The van der Waals surface area contributed by atoms with E-state index in [9.17, 15) is 18.0 Å². The van der Waals surface area contributed by atoms with Gasteiger partial charge in [-0.05, 0) is 5.56 Å². The van der Waals surface area contributed by atoms with Gasteiger partial charge in [0.05, 0.1) is 12.7 Å². The van der Waals surface area contributed by atoms with E-state index < -0.39 is 12.1 Å². The molecule has 2 rings (SSSR count). The molecule has 0 saturated heterocycles. The Kier molecular flexibility index (Phi) is 4.07. The van der Waals surface area contributed by atoms with Gasteiger partial charge in [0.1, 0.15) is 0 Å². The minimum atomic E-state index is -4.86. The highest BCUT2D eigenvalue weighted by atomic mass is 19.4. The summed E-state index contributed by atoms with van der Waals surface area (Å²) in [6.07, 6.45) is -1.83. The average molecular weight is 283 g/mol. The molecule has 1 aromatic heterocycles. The van der Waals surface area contributed by atoms with Gasteiger partial charge in [-0.1, -0.05) is 30.3 Å². The molecule has 0 aliphatic carbocycles. The van der Waals surface area contributed by atoms with Crippen molar-refractivity contribution in [3.05, 3.63) is 53.9 Å². The van der Waals surface area contributed by atoms with Gasteiger partial charge in [0.2, 0.25) is 0 Å². The molecule has 0 unspecified atom stereocenters. The summed E-state index contributed by atoms with van der Waals surface area (Å²) in [4.78, 5) is 10.7. The molecule has 1 N–H and O–H groups in total. The molecule has 7 heteroatoms. The Morgan fingerprint density at radius 1 is 1.20 bits per heavy atom. The standard InChI is InChI=1S/C13H12F3N3O/c14-13(15,16)12(20)17-6-11-7-18-19(9-11)8-10-4-2-1-3-5-10/h1-5,7,9H,6,8H2,(H,17,20). The molecule has 1 aromatic carbocycles. The zero-order valence-electron chi connectivity index (χ0n) is 10.4. The molecule has 0 fully saturated rings. The van der Waals surface area contributed by atoms with Crippen LogP contribution in [0.4, 0.5) is 13.2 Å². The number of hydrogen-bond donors (Lipinski definition) is 1. The van der Waals surface area contributed by atoms with Crippen LogP contribution in [0.2, 0.25) is 0 Å². The van der Waals surface area contributed by atoms with Crippen LogP contribution in [-0.4, -0.2) is 21.9 Å². The molecule has 0 radical (unpaired) electrons. The Bertz CT molecular complexity index is 578. The van der Waals surface area contributed by atoms with Crippen LogP contribution in [0.5, 0.6) is 0 Å². The van der Waals surface area contributed by atoms with Gasteiger partial charge in [-0.2, -0.15) is 18.3 Å². The van der Waals surface area contributed by atoms with E-state index in [1.54, 1.807) is 16.2 Å². The first-order chi connectivity index (χ1) is 9.45. The molecule has 0 atom stereocenters. The van der Waals surface area contributed by atoms with Crippen molar-refractivity contribution in [2.75, 3.05) is 0 Å². The van der Waals surface area contributed by atoms with E-state index in [0.717, 1.165) is 5.56 Å². The predicted molar refractivity (Wildman–Crippen MR) is 65.7 cm³/mol. The molecule has 0 aliphatic heterocycles. The lowest BCUT2D eigenvalue weighted by Gasteiger charge is -2.06. The predicted octanol–water partition coefficient (Wildman–Crippen LogP) is 2.11. The van der Waals surface area contributed by atoms with E-state index in [-0.39, 0.29) is 6.54 Å². The van der Waals surface area contributed by atoms with Crippen molar-refractivity contribution in [3.63, 3.8) is 0 Å². The molecule has 0 bridgehead atoms. The molecule has 4 nitrogen and oxygen atoms in total. The number of amides is 1. The normalized spacial score (nSPS) is 11.3. The number of rotatable bonds is 4. The van der Waals surface area contributed by atoms with Gasteiger partial charge in [0.15, 0.2) is 0 Å². The number of nitrogens with one attached hydrogen (secondary N) is 1. The second kappa shape index (κ2) is 5.77. The molecular formula is C13H12F3N3O. The monoisotopic (exact) mass is 283 g/mol. The Morgan fingerprint density at radius 3 is 2.55 bits per heavy atom. The third-order valence-corrected chi connectivity index (χ3v) is 2.58. The summed E-state index contributed by atoms with van der Waals surface area (Å²) >= 11 is 0. The number of nitrogens with zero attached hydrogens (tertiary/aromatic N) is 2. The minimum absolute atomic E-state index is 0.201. The Morgan fingerprint density at radius 2 is 1.90 bits per heavy atom. The summed E-state index contributed by atoms with van der Waals surface area (Å²) in [5.74, 6) is -1.95. The average Bonchev–Trinajstić information content (AvgIpc) is 2.83. The van der Waals surface area contributed by atoms with Crippen molar-refractivity contribution in [1.82, 2.24) is 15.1 Å². The van der Waals surface area contributed by atoms with Gasteiger partial charge in [0.25, 0.3) is 0 Å². The first-order valence-corrected chi connectivity index (χ1v) is 5.85. The number of carbonyl (C=O) groups excluding carboxylic acids is 1. The largest absolute Gasteiger partial charge is 0.471 e. The lowest BCUT2D eigenvalue weighted by molar-refractivity contribution is -0.173. The topological polar surface area (TPSA) is 46.9 Å². The first kappa shape index (κ1) is 14.1. The number of alkyl halides is 3. The van der Waals surface area contributed by atoms with Crippen LogP contribution in [0, 0.1) is 0 Å². The highest BCUT2D eigenvalue weighted by molar-refractivity contribution is 5.81. The summed E-state index contributed by atoms with van der Waals surface area (Å²) in [6, 6.07) is 9.52. The highest BCUT2D eigenvalue weighted by Crippen LogP contribution is 2.14. The van der Waals surface area contributed by atoms with Crippen LogP contribution >= 0.6 is 0 Å². The van der Waals surface area contributed by atoms with E-state index in [1.807, 2.05) is 30.3 Å². The van der Waals surface area contributed by atoms with Crippen LogP contribution in [0.15, 0.2) is 42.7 Å². The molecule has 1 heterocycles. The maximum Gasteiger partial charge on any atom is 0.471 e. The van der Waals surface area contributed by atoms with Gasteiger partial charge in [-0.3, -0.25) is 9.48 Å². The summed E-state index contributed by atoms with van der Waals surface area (Å²) in [5, 5.41) is 5.83. The summed E-state index contributed by atoms with van der Waals surface area (Å²) in [5.41, 5.74) is 1.54. The van der Waals surface area contributed by atoms with E-state index in [1.165, 1.54) is 6.20 Å². The van der Waals surface area contributed by atoms with Gasteiger partial charge in [-0.25, -0.2) is 0 Å². The molecular weight excluding hydrogens is 271 g/mol. The number of aromatic nitrogens is 2. The Labute approximate surface area is 113 Å². The fourth-order valence-electron chi connectivity index (χ4n) is 1.64. The summed E-state index contributed by atoms with van der Waals surface area (Å²) < 4.78 is 37.6. The molecule has 0 spiro atoms. The van der Waals surface area contributed by atoms with Crippen molar-refractivity contribution in [2.45, 2.75) is 19.3 Å². The van der Waals surface area contributed by atoms with Crippen molar-refractivity contribution < 1.29 is 18.0 Å². The number of carbonyl (C=O) groups is 1. The lowest BCUT2D eigenvalue weighted by atomic mass is 10.2. The highest BCUT2D eigenvalue weighted by Gasteiger charge is 2.38. The van der Waals surface area contributed by atoms with E-state index in [0.29, 0.717) is 12.1 Å². The molecule has 20 heavy (non-hydrogen) atoms. The quantitative estimate of drug-likeness (QED) is 0.934. The van der Waals surface area contributed by atoms with Gasteiger partial charge in [0, 0.05) is 18.3 Å². The molecule has 106 valence electrons. The van der Waals surface area contributed by atoms with Crippen LogP contribution in [-0.2, 0) is 17.9 Å². The third-order valence-electron chi connectivity index (χ3n) is 2.58. The van der Waals surface area contributed by atoms with Crippen molar-refractivity contribution >= 4 is 5.91 Å². The third kappa shape index (κ3) is 3.84. The molecule has 0 saturated carbocycles. The number of hydrogen-bond acceptors (Lipinski definition) is 2. The van der Waals surface area contributed by atoms with Crippen LogP contribution in [0.25, 0.3) is 0 Å². The van der Waals surface area contributed by atoms with E-state index in [2.05, 4.69) is 5.10 Å². The van der Waals surface area contributed by atoms with Gasteiger partial charge in [-0.15, -0.1) is 0 Å². The minimum Gasteiger partial charge on any atom is -0.344 e. The number of benzene rings is 1. The number of halogens is 3. The zero-order valence-corrected chi connectivity index (χ0v) is 10.4. The summed E-state index contributed by atoms with van der Waals surface area (Å²) in [6.45, 7) is 0.321. The summed E-state index contributed by atoms with van der Waals surface area (Å²) in [7, 11) is 0. The SMILES string of the molecule is O=C(NCc1cnn(Cc2ccccc2)c1)C(F)(F)F. The molecule has 0 aliphatic rings. The van der Waals surface area contributed by atoms with Crippen molar-refractivity contribution in [3.8, 4) is 0 Å². The Balaban J connectivity index is 1.91. The maximum atomic E-state index is 12.0. The maximum absolute atomic E-state index is 12.0. The van der Waals surface area contributed by atoms with Crippen LogP contribution in [0.3, 0.4) is 0 Å². The van der Waals surface area contributed by atoms with Crippen molar-refractivity contribution in [1.29, 1.82) is 0 Å².